The van der Waals surface area contributed by atoms with Crippen LogP contribution in [0.15, 0.2) is 18.3 Å². The Hall–Kier alpha value is -1.46. The molecule has 0 amide bonds. The molecule has 3 heterocycles. The van der Waals surface area contributed by atoms with Crippen molar-refractivity contribution in [3.05, 3.63) is 35.5 Å². The number of pyridine rings is 1. The van der Waals surface area contributed by atoms with Crippen LogP contribution in [-0.4, -0.2) is 40.5 Å². The van der Waals surface area contributed by atoms with Crippen LogP contribution < -0.4 is 5.32 Å². The van der Waals surface area contributed by atoms with E-state index in [-0.39, 0.29) is 5.82 Å². The van der Waals surface area contributed by atoms with Gasteiger partial charge in [0.25, 0.3) is 0 Å². The fraction of sp³-hybridized carbons (Fsp3) is 0.533. The van der Waals surface area contributed by atoms with Crippen molar-refractivity contribution in [2.45, 2.75) is 26.3 Å². The predicted octanol–water partition coefficient (Wildman–Crippen LogP) is 2.00. The van der Waals surface area contributed by atoms with Crippen LogP contribution in [0.2, 0.25) is 0 Å². The molecule has 4 nitrogen and oxygen atoms in total. The summed E-state index contributed by atoms with van der Waals surface area (Å²) in [6.07, 6.45) is 1.55. The molecule has 1 fully saturated rings. The Labute approximate surface area is 118 Å². The summed E-state index contributed by atoms with van der Waals surface area (Å²) in [4.78, 5) is 7.07. The summed E-state index contributed by atoms with van der Waals surface area (Å²) in [6, 6.07) is 3.23. The molecule has 20 heavy (non-hydrogen) atoms. The van der Waals surface area contributed by atoms with Gasteiger partial charge in [-0.2, -0.15) is 0 Å². The molecule has 2 aromatic heterocycles. The number of imidazole rings is 1. The van der Waals surface area contributed by atoms with E-state index in [9.17, 15) is 4.39 Å². The van der Waals surface area contributed by atoms with Crippen LogP contribution in [0.4, 0.5) is 4.39 Å². The van der Waals surface area contributed by atoms with Gasteiger partial charge in [-0.1, -0.05) is 13.8 Å². The molecule has 0 radical (unpaired) electrons. The van der Waals surface area contributed by atoms with E-state index in [1.165, 1.54) is 6.07 Å². The van der Waals surface area contributed by atoms with E-state index in [4.69, 9.17) is 0 Å². The highest BCUT2D eigenvalue weighted by molar-refractivity contribution is 5.44. The second kappa shape index (κ2) is 5.50. The van der Waals surface area contributed by atoms with Crippen LogP contribution in [-0.2, 0) is 6.54 Å². The highest BCUT2D eigenvalue weighted by atomic mass is 19.1. The molecule has 1 saturated heterocycles. The molecular weight excluding hydrogens is 255 g/mol. The summed E-state index contributed by atoms with van der Waals surface area (Å²) in [5, 5.41) is 3.35. The lowest BCUT2D eigenvalue weighted by atomic mass is 10.1. The molecule has 5 heteroatoms. The van der Waals surface area contributed by atoms with E-state index in [0.29, 0.717) is 5.92 Å². The van der Waals surface area contributed by atoms with Crippen molar-refractivity contribution in [2.24, 2.45) is 0 Å². The van der Waals surface area contributed by atoms with Crippen LogP contribution in [0, 0.1) is 5.82 Å². The van der Waals surface area contributed by atoms with E-state index < -0.39 is 0 Å². The average Bonchev–Trinajstić information content (AvgIpc) is 2.78. The van der Waals surface area contributed by atoms with E-state index in [1.54, 1.807) is 12.3 Å². The topological polar surface area (TPSA) is 32.6 Å². The van der Waals surface area contributed by atoms with Gasteiger partial charge in [-0.3, -0.25) is 9.30 Å². The van der Waals surface area contributed by atoms with Gasteiger partial charge >= 0.3 is 0 Å². The number of hydrogen-bond acceptors (Lipinski definition) is 3. The van der Waals surface area contributed by atoms with Gasteiger partial charge < -0.3 is 5.32 Å². The summed E-state index contributed by atoms with van der Waals surface area (Å²) >= 11 is 0. The van der Waals surface area contributed by atoms with Gasteiger partial charge in [-0.05, 0) is 18.1 Å². The van der Waals surface area contributed by atoms with Crippen molar-refractivity contribution in [1.29, 1.82) is 0 Å². The van der Waals surface area contributed by atoms with Gasteiger partial charge in [0.1, 0.15) is 11.5 Å². The van der Waals surface area contributed by atoms with E-state index in [2.05, 4.69) is 29.0 Å². The number of nitrogens with one attached hydrogen (secondary N) is 1. The third kappa shape index (κ3) is 2.55. The Balaban J connectivity index is 2.01. The fourth-order valence-electron chi connectivity index (χ4n) is 2.79. The third-order valence-electron chi connectivity index (χ3n) is 3.84. The molecule has 1 aliphatic rings. The minimum atomic E-state index is -0.216. The van der Waals surface area contributed by atoms with E-state index in [0.717, 1.165) is 49.8 Å². The van der Waals surface area contributed by atoms with Crippen molar-refractivity contribution in [3.8, 4) is 0 Å². The number of aromatic nitrogens is 2. The molecule has 3 rings (SSSR count). The molecule has 2 aromatic rings. The van der Waals surface area contributed by atoms with Crippen LogP contribution in [0.25, 0.3) is 5.65 Å². The number of fused-ring (bicyclic) bond motifs is 1. The number of hydrogen-bond donors (Lipinski definition) is 1. The largest absolute Gasteiger partial charge is 0.314 e. The Morgan fingerprint density at radius 2 is 2.05 bits per heavy atom. The quantitative estimate of drug-likeness (QED) is 0.930. The van der Waals surface area contributed by atoms with Crippen molar-refractivity contribution in [3.63, 3.8) is 0 Å². The first-order valence-electron chi connectivity index (χ1n) is 7.24. The van der Waals surface area contributed by atoms with Gasteiger partial charge in [-0.15, -0.1) is 0 Å². The van der Waals surface area contributed by atoms with Crippen LogP contribution >= 0.6 is 0 Å². The zero-order valence-corrected chi connectivity index (χ0v) is 12.1. The molecule has 1 N–H and O–H groups in total. The van der Waals surface area contributed by atoms with Gasteiger partial charge in [0, 0.05) is 38.9 Å². The molecule has 0 aliphatic carbocycles. The Morgan fingerprint density at radius 1 is 1.30 bits per heavy atom. The SMILES string of the molecule is CC(C)c1nc2ccc(F)cn2c1CN1CCNCC1. The normalized spacial score (nSPS) is 17.2. The fourth-order valence-corrected chi connectivity index (χ4v) is 2.79. The van der Waals surface area contributed by atoms with Gasteiger partial charge in [0.05, 0.1) is 11.4 Å². The summed E-state index contributed by atoms with van der Waals surface area (Å²) < 4.78 is 15.4. The van der Waals surface area contributed by atoms with E-state index >= 15 is 0 Å². The van der Waals surface area contributed by atoms with E-state index in [1.807, 2.05) is 4.40 Å². The van der Waals surface area contributed by atoms with Crippen LogP contribution in [0.3, 0.4) is 0 Å². The molecule has 0 atom stereocenters. The first-order chi connectivity index (χ1) is 9.65. The maximum atomic E-state index is 13.5. The van der Waals surface area contributed by atoms with Crippen molar-refractivity contribution in [1.82, 2.24) is 19.6 Å². The number of nitrogens with zero attached hydrogens (tertiary/aromatic N) is 3. The first-order valence-corrected chi connectivity index (χ1v) is 7.24. The Bertz CT molecular complexity index is 599. The molecule has 0 spiro atoms. The zero-order chi connectivity index (χ0) is 14.1. The standard InChI is InChI=1S/C15H21FN4/c1-11(2)15-13(10-19-7-5-17-6-8-19)20-9-12(16)3-4-14(20)18-15/h3-4,9,11,17H,5-8,10H2,1-2H3. The lowest BCUT2D eigenvalue weighted by molar-refractivity contribution is 0.229. The highest BCUT2D eigenvalue weighted by Crippen LogP contribution is 2.22. The van der Waals surface area contributed by atoms with Gasteiger partial charge in [0.2, 0.25) is 0 Å². The zero-order valence-electron chi connectivity index (χ0n) is 12.1. The van der Waals surface area contributed by atoms with Crippen molar-refractivity contribution >= 4 is 5.65 Å². The van der Waals surface area contributed by atoms with Crippen LogP contribution in [0.1, 0.15) is 31.2 Å². The maximum Gasteiger partial charge on any atom is 0.139 e. The number of halogens is 1. The number of piperazine rings is 1. The smallest absolute Gasteiger partial charge is 0.139 e. The second-order valence-electron chi connectivity index (χ2n) is 5.70. The Morgan fingerprint density at radius 3 is 2.75 bits per heavy atom. The molecule has 0 bridgehead atoms. The summed E-state index contributed by atoms with van der Waals surface area (Å²) in [5.74, 6) is 0.127. The lowest BCUT2D eigenvalue weighted by Gasteiger charge is -2.27. The van der Waals surface area contributed by atoms with Gasteiger partial charge in [-0.25, -0.2) is 9.37 Å². The molecule has 0 saturated carbocycles. The third-order valence-corrected chi connectivity index (χ3v) is 3.84. The Kier molecular flexibility index (Phi) is 3.72. The lowest BCUT2D eigenvalue weighted by Crippen LogP contribution is -2.43. The average molecular weight is 276 g/mol. The summed E-state index contributed by atoms with van der Waals surface area (Å²) in [6.45, 7) is 9.20. The van der Waals surface area contributed by atoms with Crippen molar-refractivity contribution in [2.75, 3.05) is 26.2 Å². The highest BCUT2D eigenvalue weighted by Gasteiger charge is 2.19. The van der Waals surface area contributed by atoms with Crippen LogP contribution in [0.5, 0.6) is 0 Å². The molecule has 0 unspecified atom stereocenters. The molecule has 108 valence electrons. The monoisotopic (exact) mass is 276 g/mol. The van der Waals surface area contributed by atoms with Gasteiger partial charge in [0.15, 0.2) is 0 Å². The number of rotatable bonds is 3. The predicted molar refractivity (Wildman–Crippen MR) is 77.4 cm³/mol. The minimum absolute atomic E-state index is 0.216. The molecular formula is C15H21FN4. The molecule has 1 aliphatic heterocycles. The second-order valence-corrected chi connectivity index (χ2v) is 5.70. The molecule has 0 aromatic carbocycles. The summed E-state index contributed by atoms with van der Waals surface area (Å²) in [7, 11) is 0. The maximum absolute atomic E-state index is 13.5. The summed E-state index contributed by atoms with van der Waals surface area (Å²) in [5.41, 5.74) is 3.03. The van der Waals surface area contributed by atoms with Crippen molar-refractivity contribution < 1.29 is 4.39 Å². The minimum Gasteiger partial charge on any atom is -0.314 e. The first kappa shape index (κ1) is 13.5.